The van der Waals surface area contributed by atoms with Crippen LogP contribution in [0, 0.1) is 11.3 Å². The first kappa shape index (κ1) is 12.3. The molecule has 0 N–H and O–H groups in total. The highest BCUT2D eigenvalue weighted by molar-refractivity contribution is 5.88. The molecule has 0 atom stereocenters. The SMILES string of the molecule is COc1ccc2cc(-c3ccccc3)n(CC#N)c2c1. The number of nitriles is 1. The number of aromatic nitrogens is 1. The van der Waals surface area contributed by atoms with Crippen LogP contribution >= 0.6 is 0 Å². The maximum atomic E-state index is 9.09. The molecule has 3 rings (SSSR count). The predicted molar refractivity (Wildman–Crippen MR) is 79.5 cm³/mol. The van der Waals surface area contributed by atoms with Crippen LogP contribution in [0.25, 0.3) is 22.2 Å². The molecule has 0 amide bonds. The van der Waals surface area contributed by atoms with Gasteiger partial charge in [-0.3, -0.25) is 0 Å². The zero-order valence-electron chi connectivity index (χ0n) is 11.2. The van der Waals surface area contributed by atoms with Gasteiger partial charge in [-0.15, -0.1) is 0 Å². The molecule has 0 radical (unpaired) electrons. The van der Waals surface area contributed by atoms with E-state index in [9.17, 15) is 0 Å². The van der Waals surface area contributed by atoms with Crippen LogP contribution in [0.5, 0.6) is 5.75 Å². The van der Waals surface area contributed by atoms with Gasteiger partial charge in [0, 0.05) is 11.5 Å². The van der Waals surface area contributed by atoms with Crippen molar-refractivity contribution >= 4 is 10.9 Å². The summed E-state index contributed by atoms with van der Waals surface area (Å²) in [5.41, 5.74) is 3.18. The van der Waals surface area contributed by atoms with E-state index in [1.165, 1.54) is 0 Å². The van der Waals surface area contributed by atoms with Crippen molar-refractivity contribution < 1.29 is 4.74 Å². The summed E-state index contributed by atoms with van der Waals surface area (Å²) in [6.45, 7) is 0.320. The molecule has 2 aromatic carbocycles. The van der Waals surface area contributed by atoms with Crippen LogP contribution in [0.3, 0.4) is 0 Å². The molecule has 0 aliphatic carbocycles. The van der Waals surface area contributed by atoms with Crippen molar-refractivity contribution in [1.82, 2.24) is 4.57 Å². The molecule has 3 nitrogen and oxygen atoms in total. The van der Waals surface area contributed by atoms with Crippen LogP contribution in [0.2, 0.25) is 0 Å². The summed E-state index contributed by atoms with van der Waals surface area (Å²) in [6.07, 6.45) is 0. The van der Waals surface area contributed by atoms with E-state index in [0.29, 0.717) is 6.54 Å². The van der Waals surface area contributed by atoms with Crippen LogP contribution in [-0.2, 0) is 6.54 Å². The Morgan fingerprint density at radius 3 is 2.60 bits per heavy atom. The fraction of sp³-hybridized carbons (Fsp3) is 0.118. The van der Waals surface area contributed by atoms with Gasteiger partial charge in [0.15, 0.2) is 0 Å². The van der Waals surface area contributed by atoms with Crippen molar-refractivity contribution in [1.29, 1.82) is 5.26 Å². The summed E-state index contributed by atoms with van der Waals surface area (Å²) in [5.74, 6) is 0.800. The van der Waals surface area contributed by atoms with Gasteiger partial charge in [-0.2, -0.15) is 5.26 Å². The van der Waals surface area contributed by atoms with Gasteiger partial charge >= 0.3 is 0 Å². The molecule has 0 saturated carbocycles. The van der Waals surface area contributed by atoms with Crippen LogP contribution in [0.4, 0.5) is 0 Å². The predicted octanol–water partition coefficient (Wildman–Crippen LogP) is 3.84. The summed E-state index contributed by atoms with van der Waals surface area (Å²) in [6, 6.07) is 20.4. The molecule has 0 unspecified atom stereocenters. The van der Waals surface area contributed by atoms with Crippen molar-refractivity contribution in [3.8, 4) is 23.1 Å². The van der Waals surface area contributed by atoms with Crippen molar-refractivity contribution in [2.45, 2.75) is 6.54 Å². The lowest BCUT2D eigenvalue weighted by Gasteiger charge is -2.07. The number of rotatable bonds is 3. The fourth-order valence-electron chi connectivity index (χ4n) is 2.45. The standard InChI is InChI=1S/C17H14N2O/c1-20-15-8-7-14-11-16(13-5-3-2-4-6-13)19(10-9-18)17(14)12-15/h2-8,11-12H,10H2,1H3. The number of methoxy groups -OCH3 is 1. The summed E-state index contributed by atoms with van der Waals surface area (Å²) in [4.78, 5) is 0. The Hall–Kier alpha value is -2.73. The largest absolute Gasteiger partial charge is 0.497 e. The van der Waals surface area contributed by atoms with Gasteiger partial charge < -0.3 is 9.30 Å². The fourth-order valence-corrected chi connectivity index (χ4v) is 2.45. The average molecular weight is 262 g/mol. The molecule has 0 spiro atoms. The molecule has 3 aromatic rings. The van der Waals surface area contributed by atoms with E-state index in [0.717, 1.165) is 27.9 Å². The lowest BCUT2D eigenvalue weighted by Crippen LogP contribution is -1.98. The zero-order valence-corrected chi connectivity index (χ0v) is 11.2. The van der Waals surface area contributed by atoms with Crippen LogP contribution < -0.4 is 4.74 Å². The number of nitrogens with zero attached hydrogens (tertiary/aromatic N) is 2. The zero-order chi connectivity index (χ0) is 13.9. The van der Waals surface area contributed by atoms with E-state index in [4.69, 9.17) is 10.00 Å². The first-order valence-electron chi connectivity index (χ1n) is 6.43. The number of hydrogen-bond acceptors (Lipinski definition) is 2. The summed E-state index contributed by atoms with van der Waals surface area (Å²) < 4.78 is 7.30. The minimum atomic E-state index is 0.320. The van der Waals surface area contributed by atoms with E-state index in [2.05, 4.69) is 24.3 Å². The van der Waals surface area contributed by atoms with Gasteiger partial charge in [0.2, 0.25) is 0 Å². The highest BCUT2D eigenvalue weighted by atomic mass is 16.5. The van der Waals surface area contributed by atoms with Gasteiger partial charge in [0.25, 0.3) is 0 Å². The third-order valence-corrected chi connectivity index (χ3v) is 3.41. The smallest absolute Gasteiger partial charge is 0.120 e. The number of ether oxygens (including phenoxy) is 1. The highest BCUT2D eigenvalue weighted by Gasteiger charge is 2.11. The van der Waals surface area contributed by atoms with Gasteiger partial charge in [-0.05, 0) is 23.8 Å². The molecule has 0 aliphatic rings. The maximum absolute atomic E-state index is 9.09. The van der Waals surface area contributed by atoms with Crippen LogP contribution in [-0.4, -0.2) is 11.7 Å². The van der Waals surface area contributed by atoms with Crippen molar-refractivity contribution in [3.63, 3.8) is 0 Å². The Morgan fingerprint density at radius 2 is 1.90 bits per heavy atom. The molecule has 0 fully saturated rings. The van der Waals surface area contributed by atoms with E-state index < -0.39 is 0 Å². The van der Waals surface area contributed by atoms with E-state index >= 15 is 0 Å². The van der Waals surface area contributed by atoms with Gasteiger partial charge in [-0.25, -0.2) is 0 Å². The third kappa shape index (κ3) is 2.02. The Bertz CT molecular complexity index is 782. The third-order valence-electron chi connectivity index (χ3n) is 3.41. The van der Waals surface area contributed by atoms with E-state index in [1.54, 1.807) is 7.11 Å². The van der Waals surface area contributed by atoms with Crippen molar-refractivity contribution in [3.05, 3.63) is 54.6 Å². The molecular formula is C17H14N2O. The molecule has 1 aromatic heterocycles. The first-order valence-corrected chi connectivity index (χ1v) is 6.43. The van der Waals surface area contributed by atoms with Gasteiger partial charge in [0.1, 0.15) is 12.3 Å². The molecule has 20 heavy (non-hydrogen) atoms. The Labute approximate surface area is 117 Å². The van der Waals surface area contributed by atoms with Gasteiger partial charge in [0.05, 0.1) is 24.4 Å². The van der Waals surface area contributed by atoms with Crippen molar-refractivity contribution in [2.75, 3.05) is 7.11 Å². The molecule has 98 valence electrons. The molecule has 0 bridgehead atoms. The van der Waals surface area contributed by atoms with E-state index in [-0.39, 0.29) is 0 Å². The second-order valence-corrected chi connectivity index (χ2v) is 4.56. The number of hydrogen-bond donors (Lipinski definition) is 0. The normalized spacial score (nSPS) is 10.4. The molecule has 0 saturated heterocycles. The number of fused-ring (bicyclic) bond motifs is 1. The Kier molecular flexibility index (Phi) is 3.14. The lowest BCUT2D eigenvalue weighted by molar-refractivity contribution is 0.415. The molecular weight excluding hydrogens is 248 g/mol. The summed E-state index contributed by atoms with van der Waals surface area (Å²) in [5, 5.41) is 10.2. The topological polar surface area (TPSA) is 38.0 Å². The summed E-state index contributed by atoms with van der Waals surface area (Å²) in [7, 11) is 1.65. The maximum Gasteiger partial charge on any atom is 0.120 e. The monoisotopic (exact) mass is 262 g/mol. The van der Waals surface area contributed by atoms with Crippen LogP contribution in [0.1, 0.15) is 0 Å². The first-order chi connectivity index (χ1) is 9.83. The minimum Gasteiger partial charge on any atom is -0.497 e. The quantitative estimate of drug-likeness (QED) is 0.719. The van der Waals surface area contributed by atoms with Crippen molar-refractivity contribution in [2.24, 2.45) is 0 Å². The Balaban J connectivity index is 2.27. The lowest BCUT2D eigenvalue weighted by atomic mass is 10.1. The highest BCUT2D eigenvalue weighted by Crippen LogP contribution is 2.30. The van der Waals surface area contributed by atoms with E-state index in [1.807, 2.05) is 41.0 Å². The minimum absolute atomic E-state index is 0.320. The average Bonchev–Trinajstić information content (AvgIpc) is 2.86. The van der Waals surface area contributed by atoms with Crippen LogP contribution in [0.15, 0.2) is 54.6 Å². The summed E-state index contributed by atoms with van der Waals surface area (Å²) >= 11 is 0. The molecule has 1 heterocycles. The molecule has 3 heteroatoms. The Morgan fingerprint density at radius 1 is 1.10 bits per heavy atom. The van der Waals surface area contributed by atoms with Gasteiger partial charge in [-0.1, -0.05) is 30.3 Å². The number of benzene rings is 2. The molecule has 0 aliphatic heterocycles. The second kappa shape index (κ2) is 5.10. The second-order valence-electron chi connectivity index (χ2n) is 4.56.